The second-order valence-corrected chi connectivity index (χ2v) is 9.56. The van der Waals surface area contributed by atoms with Gasteiger partial charge in [0.15, 0.2) is 10.8 Å². The second-order valence-electron chi connectivity index (χ2n) is 7.26. The molecule has 1 fully saturated rings. The normalized spacial score (nSPS) is 16.9. The third-order valence-electron chi connectivity index (χ3n) is 3.37. The SMILES string of the molecule is CC(=O)NS(=O)(=O)NC(=O)N1CC(NC(=O)C(=NOC(C)(C)C)c2csc(N)n2)C1=O. The molecule has 0 saturated carbocycles. The summed E-state index contributed by atoms with van der Waals surface area (Å²) >= 11 is 1.07. The average molecular weight is 476 g/mol. The van der Waals surface area contributed by atoms with E-state index in [0.29, 0.717) is 4.90 Å². The summed E-state index contributed by atoms with van der Waals surface area (Å²) in [6.45, 7) is 5.76. The number of nitrogens with two attached hydrogens (primary N) is 1. The van der Waals surface area contributed by atoms with Crippen molar-refractivity contribution in [3.05, 3.63) is 11.1 Å². The topological polar surface area (TPSA) is 202 Å². The Morgan fingerprint density at radius 1 is 1.32 bits per heavy atom. The van der Waals surface area contributed by atoms with Crippen molar-refractivity contribution in [3.63, 3.8) is 0 Å². The molecule has 5 amide bonds. The molecule has 1 unspecified atom stereocenters. The number of β-lactam (4-membered cyclic amide) rings is 1. The van der Waals surface area contributed by atoms with Crippen LogP contribution in [0.5, 0.6) is 0 Å². The molecule has 1 aliphatic rings. The number of likely N-dealkylation sites (tertiary alicyclic amines) is 1. The molecule has 1 aromatic rings. The Labute approximate surface area is 181 Å². The molecule has 0 aliphatic carbocycles. The first-order chi connectivity index (χ1) is 14.2. The van der Waals surface area contributed by atoms with Crippen molar-refractivity contribution < 1.29 is 32.4 Å². The van der Waals surface area contributed by atoms with Gasteiger partial charge in [-0.1, -0.05) is 5.16 Å². The number of nitrogens with one attached hydrogen (secondary N) is 3. The first-order valence-electron chi connectivity index (χ1n) is 8.63. The lowest BCUT2D eigenvalue weighted by molar-refractivity contribution is -0.141. The van der Waals surface area contributed by atoms with Crippen LogP contribution in [-0.2, 0) is 29.4 Å². The number of nitrogens with zero attached hydrogens (tertiary/aromatic N) is 3. The summed E-state index contributed by atoms with van der Waals surface area (Å²) in [5, 5.41) is 7.86. The van der Waals surface area contributed by atoms with Gasteiger partial charge in [-0.15, -0.1) is 11.3 Å². The first-order valence-corrected chi connectivity index (χ1v) is 11.0. The molecule has 0 spiro atoms. The molecule has 0 aromatic carbocycles. The van der Waals surface area contributed by atoms with Crippen LogP contribution < -0.4 is 20.5 Å². The van der Waals surface area contributed by atoms with Crippen molar-refractivity contribution >= 4 is 56.1 Å². The van der Waals surface area contributed by atoms with Crippen molar-refractivity contribution in [2.24, 2.45) is 5.16 Å². The molecule has 31 heavy (non-hydrogen) atoms. The fourth-order valence-corrected chi connectivity index (χ4v) is 3.43. The van der Waals surface area contributed by atoms with Crippen LogP contribution in [0.4, 0.5) is 9.93 Å². The van der Waals surface area contributed by atoms with Crippen molar-refractivity contribution in [1.29, 1.82) is 0 Å². The van der Waals surface area contributed by atoms with Crippen LogP contribution in [0.3, 0.4) is 0 Å². The van der Waals surface area contributed by atoms with Crippen LogP contribution in [0.2, 0.25) is 0 Å². The predicted molar refractivity (Wildman–Crippen MR) is 109 cm³/mol. The van der Waals surface area contributed by atoms with Gasteiger partial charge in [-0.3, -0.25) is 19.3 Å². The zero-order valence-electron chi connectivity index (χ0n) is 17.0. The number of thiazole rings is 1. The van der Waals surface area contributed by atoms with E-state index in [-0.39, 0.29) is 23.1 Å². The van der Waals surface area contributed by atoms with Gasteiger partial charge >= 0.3 is 16.2 Å². The molecule has 1 saturated heterocycles. The number of hydrogen-bond acceptors (Lipinski definition) is 11. The summed E-state index contributed by atoms with van der Waals surface area (Å²) in [7, 11) is -4.47. The van der Waals surface area contributed by atoms with Crippen LogP contribution in [0, 0.1) is 0 Å². The number of amides is 5. The maximum Gasteiger partial charge on any atom is 0.339 e. The summed E-state index contributed by atoms with van der Waals surface area (Å²) in [6.07, 6.45) is 0. The summed E-state index contributed by atoms with van der Waals surface area (Å²) in [4.78, 5) is 57.4. The zero-order chi connectivity index (χ0) is 23.6. The Bertz CT molecular complexity index is 1040. The van der Waals surface area contributed by atoms with Crippen LogP contribution >= 0.6 is 11.3 Å². The van der Waals surface area contributed by atoms with Gasteiger partial charge < -0.3 is 15.9 Å². The van der Waals surface area contributed by atoms with Gasteiger partial charge in [0.25, 0.3) is 11.8 Å². The fourth-order valence-electron chi connectivity index (χ4n) is 2.11. The molecule has 2 rings (SSSR count). The third kappa shape index (κ3) is 6.61. The molecular weight excluding hydrogens is 454 g/mol. The van der Waals surface area contributed by atoms with E-state index >= 15 is 0 Å². The van der Waals surface area contributed by atoms with E-state index in [9.17, 15) is 27.6 Å². The van der Waals surface area contributed by atoms with E-state index in [1.807, 2.05) is 0 Å². The lowest BCUT2D eigenvalue weighted by Crippen LogP contribution is -2.68. The fraction of sp³-hybridized carbons (Fsp3) is 0.467. The molecule has 0 bridgehead atoms. The highest BCUT2D eigenvalue weighted by Gasteiger charge is 2.43. The summed E-state index contributed by atoms with van der Waals surface area (Å²) in [6, 6.07) is -2.39. The summed E-state index contributed by atoms with van der Waals surface area (Å²) in [5.74, 6) is -2.59. The van der Waals surface area contributed by atoms with Gasteiger partial charge in [0.2, 0.25) is 5.91 Å². The minimum absolute atomic E-state index is 0.132. The van der Waals surface area contributed by atoms with Crippen LogP contribution in [-0.4, -0.2) is 66.0 Å². The molecule has 14 nitrogen and oxygen atoms in total. The van der Waals surface area contributed by atoms with Crippen molar-refractivity contribution in [2.75, 3.05) is 12.3 Å². The molecule has 0 radical (unpaired) electrons. The van der Waals surface area contributed by atoms with Gasteiger partial charge in [-0.2, -0.15) is 8.42 Å². The van der Waals surface area contributed by atoms with E-state index in [1.54, 1.807) is 20.8 Å². The van der Waals surface area contributed by atoms with E-state index in [4.69, 9.17) is 10.6 Å². The largest absolute Gasteiger partial charge is 0.389 e. The summed E-state index contributed by atoms with van der Waals surface area (Å²) < 4.78 is 26.1. The number of rotatable bonds is 6. The molecule has 170 valence electrons. The Balaban J connectivity index is 2.05. The number of oxime groups is 1. The predicted octanol–water partition coefficient (Wildman–Crippen LogP) is -1.34. The Kier molecular flexibility index (Phi) is 6.85. The zero-order valence-corrected chi connectivity index (χ0v) is 18.6. The van der Waals surface area contributed by atoms with E-state index < -0.39 is 45.6 Å². The smallest absolute Gasteiger partial charge is 0.339 e. The standard InChI is InChI=1S/C15H21N7O7S2/c1-7(23)20-31(27,28)21-14(26)22-5-8(12(22)25)17-11(24)10(19-29-15(2,3)4)9-6-30-13(16)18-9/h6,8H,5H2,1-4H3,(H2,16,18)(H,17,24)(H,20,23)(H,21,26). The van der Waals surface area contributed by atoms with Gasteiger partial charge in [0.05, 0.1) is 6.54 Å². The maximum absolute atomic E-state index is 12.6. The van der Waals surface area contributed by atoms with Crippen LogP contribution in [0.25, 0.3) is 0 Å². The Morgan fingerprint density at radius 2 is 1.97 bits per heavy atom. The van der Waals surface area contributed by atoms with Crippen molar-refractivity contribution in [1.82, 2.24) is 24.6 Å². The molecule has 1 aromatic heterocycles. The van der Waals surface area contributed by atoms with Gasteiger partial charge in [-0.05, 0) is 20.8 Å². The van der Waals surface area contributed by atoms with Gasteiger partial charge in [-0.25, -0.2) is 19.2 Å². The molecular formula is C15H21N7O7S2. The van der Waals surface area contributed by atoms with Crippen molar-refractivity contribution in [2.45, 2.75) is 39.3 Å². The molecule has 2 heterocycles. The second kappa shape index (κ2) is 8.84. The molecule has 1 atom stereocenters. The minimum Gasteiger partial charge on any atom is -0.389 e. The average Bonchev–Trinajstić information content (AvgIpc) is 3.01. The maximum atomic E-state index is 12.6. The van der Waals surface area contributed by atoms with E-state index in [0.717, 1.165) is 18.3 Å². The molecule has 5 N–H and O–H groups in total. The van der Waals surface area contributed by atoms with Gasteiger partial charge in [0.1, 0.15) is 17.3 Å². The summed E-state index contributed by atoms with van der Waals surface area (Å²) in [5.41, 5.74) is 4.78. The van der Waals surface area contributed by atoms with Gasteiger partial charge in [0, 0.05) is 12.3 Å². The number of hydrogen-bond donors (Lipinski definition) is 4. The van der Waals surface area contributed by atoms with Crippen LogP contribution in [0.15, 0.2) is 10.5 Å². The highest BCUT2D eigenvalue weighted by Crippen LogP contribution is 2.16. The highest BCUT2D eigenvalue weighted by atomic mass is 32.2. The lowest BCUT2D eigenvalue weighted by Gasteiger charge is -2.36. The number of carbonyl (C=O) groups is 4. The Hall–Kier alpha value is -3.27. The third-order valence-corrected chi connectivity index (χ3v) is 5.04. The number of urea groups is 1. The first kappa shape index (κ1) is 24.0. The quantitative estimate of drug-likeness (QED) is 0.218. The van der Waals surface area contributed by atoms with Crippen LogP contribution in [0.1, 0.15) is 33.4 Å². The lowest BCUT2D eigenvalue weighted by atomic mass is 10.1. The highest BCUT2D eigenvalue weighted by molar-refractivity contribution is 7.88. The Morgan fingerprint density at radius 3 is 2.45 bits per heavy atom. The van der Waals surface area contributed by atoms with Crippen molar-refractivity contribution in [3.8, 4) is 0 Å². The number of carbonyl (C=O) groups excluding carboxylic acids is 4. The number of imide groups is 1. The number of aromatic nitrogens is 1. The minimum atomic E-state index is -4.47. The van der Waals surface area contributed by atoms with E-state index in [2.05, 4.69) is 15.5 Å². The monoisotopic (exact) mass is 475 g/mol. The van der Waals surface area contributed by atoms with E-state index in [1.165, 1.54) is 14.8 Å². The molecule has 16 heteroatoms. The molecule has 1 aliphatic heterocycles. The number of nitrogen functional groups attached to an aromatic ring is 1. The number of anilines is 1.